The van der Waals surface area contributed by atoms with E-state index in [2.05, 4.69) is 0 Å². The second-order valence-electron chi connectivity index (χ2n) is 3.52. The lowest BCUT2D eigenvalue weighted by molar-refractivity contribution is 0.281. The summed E-state index contributed by atoms with van der Waals surface area (Å²) in [7, 11) is -3.32. The van der Waals surface area contributed by atoms with Gasteiger partial charge in [0, 0.05) is 6.42 Å². The number of ether oxygens (including phenoxy) is 1. The first kappa shape index (κ1) is 10.2. The van der Waals surface area contributed by atoms with Gasteiger partial charge in [0.05, 0.1) is 22.7 Å². The van der Waals surface area contributed by atoms with E-state index in [1.807, 2.05) is 6.92 Å². The molecule has 0 atom stereocenters. The van der Waals surface area contributed by atoms with Crippen LogP contribution in [-0.4, -0.2) is 15.0 Å². The highest BCUT2D eigenvalue weighted by Crippen LogP contribution is 2.25. The summed E-state index contributed by atoms with van der Waals surface area (Å²) in [6.45, 7) is 2.38. The average molecular weight is 224 g/mol. The number of benzene rings is 1. The van der Waals surface area contributed by atoms with Crippen molar-refractivity contribution < 1.29 is 13.2 Å². The molecule has 1 aromatic rings. The molecule has 0 fully saturated rings. The number of aryl methyl sites for hydroxylation is 1. The molecular weight excluding hydrogens is 212 g/mol. The number of sulfone groups is 1. The largest absolute Gasteiger partial charge is 0.500 e. The molecule has 0 N–H and O–H groups in total. The fraction of sp³-hybridized carbons (Fsp3) is 0.273. The Bertz CT molecular complexity index is 483. The Morgan fingerprint density at radius 1 is 1.20 bits per heavy atom. The summed E-state index contributed by atoms with van der Waals surface area (Å²) in [6, 6.07) is 6.85. The Kier molecular flexibility index (Phi) is 2.52. The average Bonchev–Trinajstić information content (AvgIpc) is 2.71. The van der Waals surface area contributed by atoms with Gasteiger partial charge in [-0.05, 0) is 19.1 Å². The lowest BCUT2D eigenvalue weighted by Crippen LogP contribution is -2.03. The third-order valence-corrected chi connectivity index (χ3v) is 4.24. The Labute approximate surface area is 89.3 Å². The zero-order valence-corrected chi connectivity index (χ0v) is 9.25. The molecule has 0 spiro atoms. The van der Waals surface area contributed by atoms with Crippen molar-refractivity contribution in [3.8, 4) is 0 Å². The zero-order chi connectivity index (χ0) is 10.9. The minimum absolute atomic E-state index is 0.338. The Balaban J connectivity index is 2.41. The number of hydrogen-bond acceptors (Lipinski definition) is 3. The second kappa shape index (κ2) is 3.70. The summed E-state index contributed by atoms with van der Waals surface area (Å²) >= 11 is 0. The summed E-state index contributed by atoms with van der Waals surface area (Å²) in [5, 5.41) is 0. The summed E-state index contributed by atoms with van der Waals surface area (Å²) < 4.78 is 28.9. The summed E-state index contributed by atoms with van der Waals surface area (Å²) in [5.74, 6) is 0. The third-order valence-electron chi connectivity index (χ3n) is 2.36. The Morgan fingerprint density at radius 3 is 2.40 bits per heavy atom. The molecule has 3 nitrogen and oxygen atoms in total. The molecule has 0 aliphatic carbocycles. The molecule has 0 saturated carbocycles. The lowest BCUT2D eigenvalue weighted by Gasteiger charge is -2.03. The highest BCUT2D eigenvalue weighted by atomic mass is 32.2. The Morgan fingerprint density at radius 2 is 1.87 bits per heavy atom. The minimum atomic E-state index is -3.32. The van der Waals surface area contributed by atoms with Crippen LogP contribution < -0.4 is 0 Å². The van der Waals surface area contributed by atoms with E-state index < -0.39 is 9.84 Å². The normalized spacial score (nSPS) is 15.9. The van der Waals surface area contributed by atoms with Crippen molar-refractivity contribution in [3.63, 3.8) is 0 Å². The molecule has 1 heterocycles. The first-order valence-electron chi connectivity index (χ1n) is 4.73. The molecule has 0 unspecified atom stereocenters. The molecular formula is C11H12O3S. The van der Waals surface area contributed by atoms with Crippen molar-refractivity contribution in [2.75, 3.05) is 6.61 Å². The predicted octanol–water partition coefficient (Wildman–Crippen LogP) is 2.03. The zero-order valence-electron chi connectivity index (χ0n) is 8.43. The minimum Gasteiger partial charge on any atom is -0.500 e. The first-order chi connectivity index (χ1) is 7.10. The molecule has 15 heavy (non-hydrogen) atoms. The van der Waals surface area contributed by atoms with Crippen LogP contribution >= 0.6 is 0 Å². The Hall–Kier alpha value is -1.29. The molecule has 0 amide bonds. The van der Waals surface area contributed by atoms with Crippen LogP contribution in [-0.2, 0) is 14.6 Å². The predicted molar refractivity (Wildman–Crippen MR) is 57.0 cm³/mol. The van der Waals surface area contributed by atoms with Gasteiger partial charge in [-0.2, -0.15) is 0 Å². The number of hydrogen-bond donors (Lipinski definition) is 0. The van der Waals surface area contributed by atoms with E-state index in [1.54, 1.807) is 24.3 Å². The van der Waals surface area contributed by atoms with Gasteiger partial charge in [0.25, 0.3) is 0 Å². The van der Waals surface area contributed by atoms with Gasteiger partial charge in [0.2, 0.25) is 9.84 Å². The number of rotatable bonds is 2. The van der Waals surface area contributed by atoms with Crippen LogP contribution in [0.3, 0.4) is 0 Å². The van der Waals surface area contributed by atoms with Crippen LogP contribution in [0.4, 0.5) is 0 Å². The van der Waals surface area contributed by atoms with Crippen molar-refractivity contribution in [3.05, 3.63) is 41.0 Å². The topological polar surface area (TPSA) is 43.4 Å². The molecule has 0 bridgehead atoms. The van der Waals surface area contributed by atoms with Crippen LogP contribution in [0.25, 0.3) is 0 Å². The van der Waals surface area contributed by atoms with Crippen LogP contribution in [0.1, 0.15) is 12.0 Å². The molecule has 4 heteroatoms. The van der Waals surface area contributed by atoms with E-state index in [4.69, 9.17) is 4.74 Å². The first-order valence-corrected chi connectivity index (χ1v) is 6.21. The molecule has 0 saturated heterocycles. The molecule has 0 radical (unpaired) electrons. The van der Waals surface area contributed by atoms with Crippen molar-refractivity contribution in [2.24, 2.45) is 0 Å². The smallest absolute Gasteiger partial charge is 0.205 e. The fourth-order valence-corrected chi connectivity index (χ4v) is 2.78. The van der Waals surface area contributed by atoms with Crippen LogP contribution in [0.5, 0.6) is 0 Å². The molecule has 1 aromatic carbocycles. The van der Waals surface area contributed by atoms with Gasteiger partial charge in [-0.25, -0.2) is 8.42 Å². The van der Waals surface area contributed by atoms with Gasteiger partial charge in [-0.15, -0.1) is 0 Å². The summed E-state index contributed by atoms with van der Waals surface area (Å²) in [4.78, 5) is 0.705. The lowest BCUT2D eigenvalue weighted by atomic mass is 10.2. The SMILES string of the molecule is Cc1ccc(S(=O)(=O)C2=COCC2)cc1. The maximum absolute atomic E-state index is 12.0. The molecule has 80 valence electrons. The highest BCUT2D eigenvalue weighted by Gasteiger charge is 2.23. The molecule has 1 aliphatic heterocycles. The van der Waals surface area contributed by atoms with Crippen molar-refractivity contribution >= 4 is 9.84 Å². The standard InChI is InChI=1S/C11H12O3S/c1-9-2-4-10(5-3-9)15(12,13)11-6-7-14-8-11/h2-5,8H,6-7H2,1H3. The van der Waals surface area contributed by atoms with Crippen LogP contribution in [0, 0.1) is 6.92 Å². The maximum atomic E-state index is 12.0. The summed E-state index contributed by atoms with van der Waals surface area (Å²) in [5.41, 5.74) is 1.05. The van der Waals surface area contributed by atoms with E-state index in [0.717, 1.165) is 5.56 Å². The van der Waals surface area contributed by atoms with Gasteiger partial charge in [0.1, 0.15) is 0 Å². The maximum Gasteiger partial charge on any atom is 0.205 e. The van der Waals surface area contributed by atoms with E-state index in [9.17, 15) is 8.42 Å². The fourth-order valence-electron chi connectivity index (χ4n) is 1.44. The van der Waals surface area contributed by atoms with Crippen molar-refractivity contribution in [2.45, 2.75) is 18.2 Å². The van der Waals surface area contributed by atoms with E-state index >= 15 is 0 Å². The summed E-state index contributed by atoms with van der Waals surface area (Å²) in [6.07, 6.45) is 1.81. The van der Waals surface area contributed by atoms with E-state index in [-0.39, 0.29) is 0 Å². The van der Waals surface area contributed by atoms with Gasteiger partial charge in [-0.1, -0.05) is 17.7 Å². The van der Waals surface area contributed by atoms with Gasteiger partial charge < -0.3 is 4.74 Å². The highest BCUT2D eigenvalue weighted by molar-refractivity contribution is 7.95. The second-order valence-corrected chi connectivity index (χ2v) is 5.52. The van der Waals surface area contributed by atoms with Gasteiger partial charge in [0.15, 0.2) is 0 Å². The van der Waals surface area contributed by atoms with Crippen LogP contribution in [0.15, 0.2) is 40.3 Å². The quantitative estimate of drug-likeness (QED) is 0.772. The van der Waals surface area contributed by atoms with Crippen molar-refractivity contribution in [1.29, 1.82) is 0 Å². The van der Waals surface area contributed by atoms with E-state index in [1.165, 1.54) is 6.26 Å². The van der Waals surface area contributed by atoms with Crippen LogP contribution in [0.2, 0.25) is 0 Å². The monoisotopic (exact) mass is 224 g/mol. The molecule has 2 rings (SSSR count). The van der Waals surface area contributed by atoms with E-state index in [0.29, 0.717) is 22.8 Å². The molecule has 1 aliphatic rings. The van der Waals surface area contributed by atoms with Crippen molar-refractivity contribution in [1.82, 2.24) is 0 Å². The van der Waals surface area contributed by atoms with Gasteiger partial charge in [-0.3, -0.25) is 0 Å². The van der Waals surface area contributed by atoms with Gasteiger partial charge >= 0.3 is 0 Å². The molecule has 0 aromatic heterocycles. The third kappa shape index (κ3) is 1.90.